The van der Waals surface area contributed by atoms with E-state index in [2.05, 4.69) is 51.8 Å². The number of nitrogens with zero attached hydrogens (tertiary/aromatic N) is 2. The van der Waals surface area contributed by atoms with Crippen LogP contribution in [0.1, 0.15) is 25.7 Å². The van der Waals surface area contributed by atoms with Crippen LogP contribution in [0, 0.1) is 5.92 Å². The van der Waals surface area contributed by atoms with E-state index in [1.807, 2.05) is 13.1 Å². The quantitative estimate of drug-likeness (QED) is 0.437. The van der Waals surface area contributed by atoms with Crippen LogP contribution in [0.25, 0.3) is 0 Å². The fourth-order valence-electron chi connectivity index (χ4n) is 2.98. The number of para-hydroxylation sites is 1. The number of nitrogens with one attached hydrogen (secondary N) is 2. The lowest BCUT2D eigenvalue weighted by molar-refractivity contribution is 0.0625. The number of ether oxygens (including phenoxy) is 1. The van der Waals surface area contributed by atoms with Gasteiger partial charge in [0.15, 0.2) is 5.96 Å². The molecule has 24 heavy (non-hydrogen) atoms. The summed E-state index contributed by atoms with van der Waals surface area (Å²) in [6.07, 6.45) is 4.67. The molecule has 0 saturated carbocycles. The Kier molecular flexibility index (Phi) is 8.46. The van der Waals surface area contributed by atoms with Crippen LogP contribution in [0.2, 0.25) is 0 Å². The summed E-state index contributed by atoms with van der Waals surface area (Å²) in [5.74, 6) is 1.79. The zero-order valence-electron chi connectivity index (χ0n) is 15.1. The van der Waals surface area contributed by atoms with E-state index in [1.54, 1.807) is 0 Å². The molecule has 5 heteroatoms. The molecule has 1 heterocycles. The highest BCUT2D eigenvalue weighted by atomic mass is 16.5. The SMILES string of the molecule is CN=C(NCCCNc1ccccc1)N(C)CCC1CCOCC1. The first-order chi connectivity index (χ1) is 11.8. The molecule has 0 radical (unpaired) electrons. The zero-order chi connectivity index (χ0) is 17.0. The van der Waals surface area contributed by atoms with E-state index in [-0.39, 0.29) is 0 Å². The summed E-state index contributed by atoms with van der Waals surface area (Å²) in [4.78, 5) is 6.63. The van der Waals surface area contributed by atoms with Gasteiger partial charge >= 0.3 is 0 Å². The molecule has 0 aliphatic carbocycles. The third kappa shape index (κ3) is 6.79. The summed E-state index contributed by atoms with van der Waals surface area (Å²) in [5, 5.41) is 6.88. The molecule has 1 saturated heterocycles. The van der Waals surface area contributed by atoms with Gasteiger partial charge in [-0.1, -0.05) is 18.2 Å². The van der Waals surface area contributed by atoms with E-state index >= 15 is 0 Å². The number of hydrogen-bond acceptors (Lipinski definition) is 3. The van der Waals surface area contributed by atoms with Gasteiger partial charge in [-0.2, -0.15) is 0 Å². The molecular weight excluding hydrogens is 300 g/mol. The molecule has 2 N–H and O–H groups in total. The van der Waals surface area contributed by atoms with Crippen LogP contribution in [0.15, 0.2) is 35.3 Å². The smallest absolute Gasteiger partial charge is 0.193 e. The molecule has 0 unspecified atom stereocenters. The maximum Gasteiger partial charge on any atom is 0.193 e. The Bertz CT molecular complexity index is 472. The zero-order valence-corrected chi connectivity index (χ0v) is 15.1. The van der Waals surface area contributed by atoms with Crippen LogP contribution in [-0.4, -0.2) is 57.8 Å². The number of aliphatic imine (C=N–C) groups is 1. The van der Waals surface area contributed by atoms with Crippen LogP contribution in [0.4, 0.5) is 5.69 Å². The molecule has 1 aliphatic heterocycles. The summed E-state index contributed by atoms with van der Waals surface area (Å²) < 4.78 is 5.43. The molecule has 2 rings (SSSR count). The van der Waals surface area contributed by atoms with E-state index < -0.39 is 0 Å². The Morgan fingerprint density at radius 1 is 1.21 bits per heavy atom. The van der Waals surface area contributed by atoms with Crippen LogP contribution in [-0.2, 0) is 4.74 Å². The first-order valence-corrected chi connectivity index (χ1v) is 9.08. The van der Waals surface area contributed by atoms with Gasteiger partial charge in [0, 0.05) is 52.6 Å². The minimum absolute atomic E-state index is 0.800. The van der Waals surface area contributed by atoms with Crippen molar-refractivity contribution in [3.05, 3.63) is 30.3 Å². The molecule has 134 valence electrons. The van der Waals surface area contributed by atoms with Crippen molar-refractivity contribution >= 4 is 11.6 Å². The van der Waals surface area contributed by atoms with E-state index in [9.17, 15) is 0 Å². The van der Waals surface area contributed by atoms with Gasteiger partial charge in [-0.3, -0.25) is 4.99 Å². The van der Waals surface area contributed by atoms with Gasteiger partial charge in [0.05, 0.1) is 0 Å². The van der Waals surface area contributed by atoms with Crippen molar-refractivity contribution in [2.24, 2.45) is 10.9 Å². The van der Waals surface area contributed by atoms with Crippen molar-refractivity contribution in [2.75, 3.05) is 52.3 Å². The molecule has 1 fully saturated rings. The Hall–Kier alpha value is -1.75. The molecule has 0 amide bonds. The highest BCUT2D eigenvalue weighted by molar-refractivity contribution is 5.79. The van der Waals surface area contributed by atoms with Gasteiger partial charge < -0.3 is 20.3 Å². The van der Waals surface area contributed by atoms with Gasteiger partial charge in [-0.05, 0) is 43.7 Å². The lowest BCUT2D eigenvalue weighted by Crippen LogP contribution is -2.40. The number of guanidine groups is 1. The van der Waals surface area contributed by atoms with Crippen LogP contribution >= 0.6 is 0 Å². The van der Waals surface area contributed by atoms with Crippen molar-refractivity contribution in [2.45, 2.75) is 25.7 Å². The van der Waals surface area contributed by atoms with E-state index in [1.165, 1.54) is 24.9 Å². The first-order valence-electron chi connectivity index (χ1n) is 9.08. The summed E-state index contributed by atoms with van der Waals surface area (Å²) in [6, 6.07) is 10.3. The molecular formula is C19H32N4O. The molecule has 0 atom stereocenters. The maximum atomic E-state index is 5.43. The fraction of sp³-hybridized carbons (Fsp3) is 0.632. The van der Waals surface area contributed by atoms with Crippen LogP contribution in [0.5, 0.6) is 0 Å². The van der Waals surface area contributed by atoms with Gasteiger partial charge in [0.2, 0.25) is 0 Å². The average Bonchev–Trinajstić information content (AvgIpc) is 2.64. The highest BCUT2D eigenvalue weighted by Gasteiger charge is 2.15. The van der Waals surface area contributed by atoms with Gasteiger partial charge in [0.25, 0.3) is 0 Å². The summed E-state index contributed by atoms with van der Waals surface area (Å²) in [6.45, 7) is 4.78. The second-order valence-corrected chi connectivity index (χ2v) is 6.39. The second-order valence-electron chi connectivity index (χ2n) is 6.39. The molecule has 0 spiro atoms. The Morgan fingerprint density at radius 2 is 1.96 bits per heavy atom. The number of anilines is 1. The Morgan fingerprint density at radius 3 is 2.67 bits per heavy atom. The third-order valence-electron chi connectivity index (χ3n) is 4.53. The third-order valence-corrected chi connectivity index (χ3v) is 4.53. The van der Waals surface area contributed by atoms with E-state index in [0.29, 0.717) is 0 Å². The standard InChI is InChI=1S/C19H32N4O/c1-20-19(23(2)14-9-17-10-15-24-16-11-17)22-13-6-12-21-18-7-4-3-5-8-18/h3-5,7-8,17,21H,6,9-16H2,1-2H3,(H,20,22). The van der Waals surface area contributed by atoms with Gasteiger partial charge in [-0.25, -0.2) is 0 Å². The minimum Gasteiger partial charge on any atom is -0.385 e. The van der Waals surface area contributed by atoms with E-state index in [0.717, 1.165) is 51.1 Å². The average molecular weight is 332 g/mol. The normalized spacial score (nSPS) is 16.0. The van der Waals surface area contributed by atoms with Crippen LogP contribution in [0.3, 0.4) is 0 Å². The van der Waals surface area contributed by atoms with Crippen molar-refractivity contribution in [1.82, 2.24) is 10.2 Å². The lowest BCUT2D eigenvalue weighted by atomic mass is 9.96. The predicted molar refractivity (Wildman–Crippen MR) is 102 cm³/mol. The van der Waals surface area contributed by atoms with Crippen LogP contribution < -0.4 is 10.6 Å². The van der Waals surface area contributed by atoms with Crippen molar-refractivity contribution in [3.63, 3.8) is 0 Å². The molecule has 1 aliphatic rings. The summed E-state index contributed by atoms with van der Waals surface area (Å²) >= 11 is 0. The van der Waals surface area contributed by atoms with Gasteiger partial charge in [0.1, 0.15) is 0 Å². The first kappa shape index (κ1) is 18.6. The maximum absolute atomic E-state index is 5.43. The number of rotatable bonds is 8. The van der Waals surface area contributed by atoms with E-state index in [4.69, 9.17) is 4.74 Å². The van der Waals surface area contributed by atoms with Gasteiger partial charge in [-0.15, -0.1) is 0 Å². The monoisotopic (exact) mass is 332 g/mol. The largest absolute Gasteiger partial charge is 0.385 e. The number of hydrogen-bond donors (Lipinski definition) is 2. The second kappa shape index (κ2) is 10.9. The topological polar surface area (TPSA) is 48.9 Å². The highest BCUT2D eigenvalue weighted by Crippen LogP contribution is 2.18. The Balaban J connectivity index is 1.58. The summed E-state index contributed by atoms with van der Waals surface area (Å²) in [7, 11) is 3.98. The molecule has 0 aromatic heterocycles. The van der Waals surface area contributed by atoms with Crippen molar-refractivity contribution in [3.8, 4) is 0 Å². The molecule has 5 nitrogen and oxygen atoms in total. The Labute approximate surface area is 146 Å². The van der Waals surface area contributed by atoms with Crippen molar-refractivity contribution < 1.29 is 4.74 Å². The lowest BCUT2D eigenvalue weighted by Gasteiger charge is -2.26. The molecule has 1 aromatic carbocycles. The molecule has 1 aromatic rings. The van der Waals surface area contributed by atoms with Crippen molar-refractivity contribution in [1.29, 1.82) is 0 Å². The predicted octanol–water partition coefficient (Wildman–Crippen LogP) is 2.81. The fourth-order valence-corrected chi connectivity index (χ4v) is 2.98. The molecule has 0 bridgehead atoms. The minimum atomic E-state index is 0.800. The number of benzene rings is 1. The summed E-state index contributed by atoms with van der Waals surface area (Å²) in [5.41, 5.74) is 1.18.